The molecule has 0 amide bonds. The van der Waals surface area contributed by atoms with E-state index in [1.807, 2.05) is 0 Å². The van der Waals surface area contributed by atoms with Gasteiger partial charge in [0, 0.05) is 27.7 Å². The van der Waals surface area contributed by atoms with Crippen molar-refractivity contribution in [3.05, 3.63) is 0 Å². The van der Waals surface area contributed by atoms with Crippen LogP contribution in [0.3, 0.4) is 0 Å². The maximum atomic E-state index is 11.3. The van der Waals surface area contributed by atoms with Gasteiger partial charge >= 0.3 is 23.9 Å². The molecule has 10 heteroatoms. The summed E-state index contributed by atoms with van der Waals surface area (Å²) in [6.45, 7) is 4.67. The van der Waals surface area contributed by atoms with Crippen molar-refractivity contribution in [3.63, 3.8) is 0 Å². The minimum absolute atomic E-state index is 0.605. The molecule has 1 fully saturated rings. The Hall–Kier alpha value is -1.81. The average molecular weight is 349 g/mol. The van der Waals surface area contributed by atoms with E-state index in [1.165, 1.54) is 13.8 Å². The number of nitrogens with two attached hydrogens (primary N) is 1. The van der Waals surface area contributed by atoms with E-state index in [4.69, 9.17) is 24.7 Å². The fourth-order valence-electron chi connectivity index (χ4n) is 2.01. The third-order valence-corrected chi connectivity index (χ3v) is 4.03. The number of ether oxygens (including phenoxy) is 4. The van der Waals surface area contributed by atoms with Gasteiger partial charge in [0.25, 0.3) is 0 Å². The summed E-state index contributed by atoms with van der Waals surface area (Å²) in [7, 11) is 0. The minimum atomic E-state index is -1.13. The van der Waals surface area contributed by atoms with Crippen LogP contribution in [-0.4, -0.2) is 53.0 Å². The van der Waals surface area contributed by atoms with Crippen LogP contribution < -0.4 is 5.73 Å². The molecule has 1 saturated heterocycles. The van der Waals surface area contributed by atoms with Crippen LogP contribution in [0.15, 0.2) is 0 Å². The second-order valence-corrected chi connectivity index (χ2v) is 6.02. The van der Waals surface area contributed by atoms with E-state index in [-0.39, 0.29) is 0 Å². The van der Waals surface area contributed by atoms with Gasteiger partial charge in [0.2, 0.25) is 0 Å². The van der Waals surface area contributed by atoms with Crippen molar-refractivity contribution in [1.29, 1.82) is 0 Å². The van der Waals surface area contributed by atoms with Gasteiger partial charge < -0.3 is 24.7 Å². The normalized spacial score (nSPS) is 30.0. The number of thioether (sulfide) groups is 1. The molecule has 5 atom stereocenters. The summed E-state index contributed by atoms with van der Waals surface area (Å²) in [6.07, 6.45) is -2.25. The van der Waals surface area contributed by atoms with Crippen LogP contribution >= 0.6 is 11.8 Å². The average Bonchev–Trinajstić information content (AvgIpc) is 2.37. The quantitative estimate of drug-likeness (QED) is 0.533. The lowest BCUT2D eigenvalue weighted by molar-refractivity contribution is -0.182. The molecule has 130 valence electrons. The van der Waals surface area contributed by atoms with Crippen molar-refractivity contribution < 1.29 is 38.1 Å². The molecule has 0 aromatic rings. The SMILES string of the molecule is CC(=O)OC1S[C@H](OC(C)=O)[C@@H](OC(C)=O)[C@H](OC(C)=O)[C@H]1N. The van der Waals surface area contributed by atoms with E-state index >= 15 is 0 Å². The first-order chi connectivity index (χ1) is 10.6. The number of hydrogen-bond acceptors (Lipinski definition) is 10. The van der Waals surface area contributed by atoms with Gasteiger partial charge in [0.1, 0.15) is 0 Å². The third-order valence-electron chi connectivity index (χ3n) is 2.72. The highest BCUT2D eigenvalue weighted by molar-refractivity contribution is 8.00. The maximum absolute atomic E-state index is 11.3. The summed E-state index contributed by atoms with van der Waals surface area (Å²) in [4.78, 5) is 45.1. The van der Waals surface area contributed by atoms with Crippen molar-refractivity contribution in [3.8, 4) is 0 Å². The zero-order valence-corrected chi connectivity index (χ0v) is 14.0. The molecule has 0 radical (unpaired) electrons. The molecule has 1 heterocycles. The van der Waals surface area contributed by atoms with Gasteiger partial charge in [-0.2, -0.15) is 0 Å². The Bertz CT molecular complexity index is 496. The fourth-order valence-corrected chi connectivity index (χ4v) is 3.36. The lowest BCUT2D eigenvalue weighted by atomic mass is 10.1. The van der Waals surface area contributed by atoms with E-state index in [0.717, 1.165) is 25.6 Å². The third kappa shape index (κ3) is 5.71. The van der Waals surface area contributed by atoms with Crippen molar-refractivity contribution in [2.45, 2.75) is 56.8 Å². The highest BCUT2D eigenvalue weighted by Crippen LogP contribution is 2.36. The smallest absolute Gasteiger partial charge is 0.303 e. The van der Waals surface area contributed by atoms with Gasteiger partial charge in [-0.25, -0.2) is 0 Å². The topological polar surface area (TPSA) is 131 Å². The van der Waals surface area contributed by atoms with Gasteiger partial charge in [-0.15, -0.1) is 0 Å². The monoisotopic (exact) mass is 349 g/mol. The molecule has 2 N–H and O–H groups in total. The summed E-state index contributed by atoms with van der Waals surface area (Å²) in [5.41, 5.74) is 4.00. The first kappa shape index (κ1) is 19.2. The van der Waals surface area contributed by atoms with Crippen LogP contribution in [0.4, 0.5) is 0 Å². The molecule has 1 rings (SSSR count). The second kappa shape index (κ2) is 8.16. The Morgan fingerprint density at radius 1 is 0.696 bits per heavy atom. The van der Waals surface area contributed by atoms with E-state index < -0.39 is 53.0 Å². The van der Waals surface area contributed by atoms with Crippen molar-refractivity contribution in [2.24, 2.45) is 5.73 Å². The standard InChI is InChI=1S/C13H19NO8S/c1-5(15)19-10-9(14)12(21-7(3)17)23-13(22-8(4)18)11(10)20-6(2)16/h9-13H,14H2,1-4H3/t9-,10-,11+,12?,13+/m1/s1. The van der Waals surface area contributed by atoms with Crippen LogP contribution in [0.25, 0.3) is 0 Å². The number of rotatable bonds is 4. The van der Waals surface area contributed by atoms with Crippen molar-refractivity contribution in [1.82, 2.24) is 0 Å². The number of carbonyl (C=O) groups is 4. The minimum Gasteiger partial charge on any atom is -0.457 e. The molecule has 0 aliphatic carbocycles. The summed E-state index contributed by atoms with van der Waals surface area (Å²) < 4.78 is 20.4. The molecule has 1 unspecified atom stereocenters. The second-order valence-electron chi connectivity index (χ2n) is 4.82. The zero-order valence-electron chi connectivity index (χ0n) is 13.1. The lowest BCUT2D eigenvalue weighted by Crippen LogP contribution is -2.61. The summed E-state index contributed by atoms with van der Waals surface area (Å²) in [6, 6.07) is -0.969. The molecule has 1 aliphatic rings. The van der Waals surface area contributed by atoms with Crippen molar-refractivity contribution in [2.75, 3.05) is 0 Å². The van der Waals surface area contributed by atoms with Crippen LogP contribution in [0.5, 0.6) is 0 Å². The molecule has 0 bridgehead atoms. The van der Waals surface area contributed by atoms with Gasteiger partial charge in [0.05, 0.1) is 6.04 Å². The predicted molar refractivity (Wildman–Crippen MR) is 77.8 cm³/mol. The maximum Gasteiger partial charge on any atom is 0.303 e. The molecule has 0 aromatic carbocycles. The van der Waals surface area contributed by atoms with E-state index in [1.54, 1.807) is 0 Å². The number of hydrogen-bond donors (Lipinski definition) is 1. The van der Waals surface area contributed by atoms with Gasteiger partial charge in [-0.1, -0.05) is 11.8 Å². The highest BCUT2D eigenvalue weighted by atomic mass is 32.2. The van der Waals surface area contributed by atoms with Crippen molar-refractivity contribution >= 4 is 35.6 Å². The van der Waals surface area contributed by atoms with Gasteiger partial charge in [0.15, 0.2) is 23.1 Å². The Morgan fingerprint density at radius 2 is 1.09 bits per heavy atom. The van der Waals surface area contributed by atoms with E-state index in [0.29, 0.717) is 0 Å². The molecule has 23 heavy (non-hydrogen) atoms. The summed E-state index contributed by atoms with van der Waals surface area (Å²) >= 11 is 0.898. The van der Waals surface area contributed by atoms with Gasteiger partial charge in [-0.05, 0) is 0 Å². The fraction of sp³-hybridized carbons (Fsp3) is 0.692. The first-order valence-corrected chi connectivity index (χ1v) is 7.66. The molecular weight excluding hydrogens is 330 g/mol. The van der Waals surface area contributed by atoms with Crippen LogP contribution in [-0.2, 0) is 38.1 Å². The zero-order chi connectivity index (χ0) is 17.7. The van der Waals surface area contributed by atoms with Crippen LogP contribution in [0.2, 0.25) is 0 Å². The molecular formula is C13H19NO8S. The molecule has 0 aromatic heterocycles. The lowest BCUT2D eigenvalue weighted by Gasteiger charge is -2.42. The largest absolute Gasteiger partial charge is 0.457 e. The van der Waals surface area contributed by atoms with E-state index in [2.05, 4.69) is 0 Å². The molecule has 9 nitrogen and oxygen atoms in total. The Kier molecular flexibility index (Phi) is 6.82. The highest BCUT2D eigenvalue weighted by Gasteiger charge is 2.51. The Morgan fingerprint density at radius 3 is 1.52 bits per heavy atom. The number of carbonyl (C=O) groups excluding carboxylic acids is 4. The van der Waals surface area contributed by atoms with Crippen LogP contribution in [0, 0.1) is 0 Å². The molecule has 0 spiro atoms. The molecule has 1 aliphatic heterocycles. The Labute approximate surface area is 137 Å². The first-order valence-electron chi connectivity index (χ1n) is 6.71. The number of esters is 4. The summed E-state index contributed by atoms with van der Waals surface area (Å²) in [5, 5.41) is 0. The molecule has 0 saturated carbocycles. The van der Waals surface area contributed by atoms with Crippen LogP contribution in [0.1, 0.15) is 27.7 Å². The van der Waals surface area contributed by atoms with Gasteiger partial charge in [-0.3, -0.25) is 19.2 Å². The predicted octanol–water partition coefficient (Wildman–Crippen LogP) is -0.298. The van der Waals surface area contributed by atoms with E-state index in [9.17, 15) is 19.2 Å². The summed E-state index contributed by atoms with van der Waals surface area (Å²) in [5.74, 6) is -2.58. The Balaban J connectivity index is 3.12.